The van der Waals surface area contributed by atoms with Crippen LogP contribution in [0.1, 0.15) is 32.4 Å². The molecule has 0 fully saturated rings. The molecule has 0 bridgehead atoms. The summed E-state index contributed by atoms with van der Waals surface area (Å²) in [6.45, 7) is 8.54. The van der Waals surface area contributed by atoms with Crippen LogP contribution >= 0.6 is 0 Å². The van der Waals surface area contributed by atoms with E-state index in [0.717, 1.165) is 18.7 Å². The second-order valence-corrected chi connectivity index (χ2v) is 5.45. The lowest BCUT2D eigenvalue weighted by molar-refractivity contribution is 0.0922. The number of hydrogen-bond donors (Lipinski definition) is 1. The van der Waals surface area contributed by atoms with Crippen molar-refractivity contribution in [3.8, 4) is 0 Å². The number of hydrogen-bond acceptors (Lipinski definition) is 2. The van der Waals surface area contributed by atoms with Crippen molar-refractivity contribution in [1.29, 1.82) is 0 Å². The summed E-state index contributed by atoms with van der Waals surface area (Å²) in [4.78, 5) is 2.29. The lowest BCUT2D eigenvalue weighted by Gasteiger charge is -2.26. The molecular weight excluding hydrogens is 210 g/mol. The average molecular weight is 235 g/mol. The van der Waals surface area contributed by atoms with E-state index >= 15 is 0 Å². The smallest absolute Gasteiger partial charge is 0.0827 e. The second kappa shape index (κ2) is 6.77. The molecule has 0 aromatic heterocycles. The highest BCUT2D eigenvalue weighted by Gasteiger charge is 2.17. The molecule has 0 saturated heterocycles. The third-order valence-electron chi connectivity index (χ3n) is 2.96. The van der Waals surface area contributed by atoms with Crippen LogP contribution in [0.3, 0.4) is 0 Å². The monoisotopic (exact) mass is 235 g/mol. The topological polar surface area (TPSA) is 23.5 Å². The Morgan fingerprint density at radius 2 is 1.65 bits per heavy atom. The van der Waals surface area contributed by atoms with Crippen molar-refractivity contribution in [2.45, 2.75) is 26.9 Å². The molecule has 1 rings (SSSR count). The number of aliphatic hydroxyl groups excluding tert-OH is 1. The highest BCUT2D eigenvalue weighted by Crippen LogP contribution is 2.22. The minimum Gasteiger partial charge on any atom is -0.388 e. The maximum atomic E-state index is 10.2. The standard InChI is InChI=1S/C15H25NO/c1-12(2)10-16(4)11-13(3)15(17)14-8-6-5-7-9-14/h5-9,12-13,15,17H,10-11H2,1-4H3. The van der Waals surface area contributed by atoms with Crippen LogP contribution < -0.4 is 0 Å². The van der Waals surface area contributed by atoms with Crippen LogP contribution in [0.5, 0.6) is 0 Å². The quantitative estimate of drug-likeness (QED) is 0.819. The molecule has 1 N–H and O–H groups in total. The van der Waals surface area contributed by atoms with E-state index in [1.54, 1.807) is 0 Å². The zero-order chi connectivity index (χ0) is 12.8. The predicted molar refractivity (Wildman–Crippen MR) is 72.9 cm³/mol. The molecule has 17 heavy (non-hydrogen) atoms. The zero-order valence-corrected chi connectivity index (χ0v) is 11.4. The first-order chi connectivity index (χ1) is 8.00. The van der Waals surface area contributed by atoms with Gasteiger partial charge in [-0.3, -0.25) is 0 Å². The van der Waals surface area contributed by atoms with Gasteiger partial charge in [0.05, 0.1) is 6.10 Å². The van der Waals surface area contributed by atoms with Crippen molar-refractivity contribution in [3.05, 3.63) is 35.9 Å². The summed E-state index contributed by atoms with van der Waals surface area (Å²) in [6.07, 6.45) is -0.370. The Morgan fingerprint density at radius 3 is 2.18 bits per heavy atom. The molecule has 2 unspecified atom stereocenters. The van der Waals surface area contributed by atoms with Gasteiger partial charge in [-0.15, -0.1) is 0 Å². The van der Waals surface area contributed by atoms with E-state index in [-0.39, 0.29) is 12.0 Å². The van der Waals surface area contributed by atoms with Crippen LogP contribution in [0.25, 0.3) is 0 Å². The molecule has 1 aromatic rings. The van der Waals surface area contributed by atoms with Gasteiger partial charge in [-0.05, 0) is 24.4 Å². The Hall–Kier alpha value is -0.860. The molecule has 2 atom stereocenters. The van der Waals surface area contributed by atoms with E-state index in [2.05, 4.69) is 32.7 Å². The van der Waals surface area contributed by atoms with Crippen molar-refractivity contribution in [2.24, 2.45) is 11.8 Å². The Kier molecular flexibility index (Phi) is 5.66. The van der Waals surface area contributed by atoms with Crippen molar-refractivity contribution >= 4 is 0 Å². The molecule has 0 heterocycles. The second-order valence-electron chi connectivity index (χ2n) is 5.45. The fraction of sp³-hybridized carbons (Fsp3) is 0.600. The van der Waals surface area contributed by atoms with Gasteiger partial charge < -0.3 is 10.0 Å². The molecule has 2 nitrogen and oxygen atoms in total. The first-order valence-electron chi connectivity index (χ1n) is 6.42. The van der Waals surface area contributed by atoms with Crippen LogP contribution in [0, 0.1) is 11.8 Å². The number of nitrogens with zero attached hydrogens (tertiary/aromatic N) is 1. The van der Waals surface area contributed by atoms with Gasteiger partial charge >= 0.3 is 0 Å². The van der Waals surface area contributed by atoms with E-state index in [0.29, 0.717) is 5.92 Å². The Morgan fingerprint density at radius 1 is 1.06 bits per heavy atom. The van der Waals surface area contributed by atoms with Crippen LogP contribution in [0.4, 0.5) is 0 Å². The summed E-state index contributed by atoms with van der Waals surface area (Å²) in [5.74, 6) is 0.919. The highest BCUT2D eigenvalue weighted by molar-refractivity contribution is 5.17. The summed E-state index contributed by atoms with van der Waals surface area (Å²) in [6, 6.07) is 9.91. The van der Waals surface area contributed by atoms with Crippen LogP contribution in [-0.4, -0.2) is 30.1 Å². The van der Waals surface area contributed by atoms with E-state index < -0.39 is 0 Å². The normalized spacial score (nSPS) is 15.2. The lowest BCUT2D eigenvalue weighted by Crippen LogP contribution is -2.30. The molecule has 0 saturated carbocycles. The average Bonchev–Trinajstić information content (AvgIpc) is 2.28. The lowest BCUT2D eigenvalue weighted by atomic mass is 9.97. The third-order valence-corrected chi connectivity index (χ3v) is 2.96. The molecule has 1 aromatic carbocycles. The maximum absolute atomic E-state index is 10.2. The first-order valence-corrected chi connectivity index (χ1v) is 6.42. The van der Waals surface area contributed by atoms with E-state index in [1.807, 2.05) is 30.3 Å². The van der Waals surface area contributed by atoms with E-state index in [1.165, 1.54) is 0 Å². The summed E-state index contributed by atoms with van der Waals surface area (Å²) in [5.41, 5.74) is 1.01. The van der Waals surface area contributed by atoms with Gasteiger partial charge in [0.15, 0.2) is 0 Å². The molecule has 2 heteroatoms. The van der Waals surface area contributed by atoms with Gasteiger partial charge in [-0.25, -0.2) is 0 Å². The summed E-state index contributed by atoms with van der Waals surface area (Å²) < 4.78 is 0. The molecule has 0 aliphatic heterocycles. The molecule has 0 aliphatic rings. The molecule has 0 spiro atoms. The third kappa shape index (κ3) is 4.88. The molecule has 96 valence electrons. The molecule has 0 amide bonds. The van der Waals surface area contributed by atoms with Gasteiger partial charge in [-0.1, -0.05) is 51.1 Å². The van der Waals surface area contributed by atoms with Gasteiger partial charge in [0, 0.05) is 13.1 Å². The van der Waals surface area contributed by atoms with Gasteiger partial charge in [0.2, 0.25) is 0 Å². The number of rotatable bonds is 6. The Balaban J connectivity index is 2.50. The fourth-order valence-electron chi connectivity index (χ4n) is 2.27. The minimum absolute atomic E-state index is 0.251. The van der Waals surface area contributed by atoms with E-state index in [9.17, 15) is 5.11 Å². The fourth-order valence-corrected chi connectivity index (χ4v) is 2.27. The number of aliphatic hydroxyl groups is 1. The number of benzene rings is 1. The molecule has 0 radical (unpaired) electrons. The van der Waals surface area contributed by atoms with Gasteiger partial charge in [0.1, 0.15) is 0 Å². The summed E-state index contributed by atoms with van der Waals surface area (Å²) in [5, 5.41) is 10.2. The largest absolute Gasteiger partial charge is 0.388 e. The van der Waals surface area contributed by atoms with Crippen LogP contribution in [-0.2, 0) is 0 Å². The van der Waals surface area contributed by atoms with Gasteiger partial charge in [-0.2, -0.15) is 0 Å². The van der Waals surface area contributed by atoms with Gasteiger partial charge in [0.25, 0.3) is 0 Å². The minimum atomic E-state index is -0.370. The Bertz CT molecular complexity index is 310. The van der Waals surface area contributed by atoms with Crippen LogP contribution in [0.2, 0.25) is 0 Å². The SMILES string of the molecule is CC(C)CN(C)CC(C)C(O)c1ccccc1. The van der Waals surface area contributed by atoms with Crippen molar-refractivity contribution < 1.29 is 5.11 Å². The van der Waals surface area contributed by atoms with Crippen molar-refractivity contribution in [2.75, 3.05) is 20.1 Å². The zero-order valence-electron chi connectivity index (χ0n) is 11.4. The summed E-state index contributed by atoms with van der Waals surface area (Å²) in [7, 11) is 2.12. The van der Waals surface area contributed by atoms with E-state index in [4.69, 9.17) is 0 Å². The highest BCUT2D eigenvalue weighted by atomic mass is 16.3. The van der Waals surface area contributed by atoms with Crippen molar-refractivity contribution in [3.63, 3.8) is 0 Å². The molecule has 0 aliphatic carbocycles. The molecular formula is C15H25NO. The maximum Gasteiger partial charge on any atom is 0.0827 e. The first kappa shape index (κ1) is 14.2. The van der Waals surface area contributed by atoms with Crippen molar-refractivity contribution in [1.82, 2.24) is 4.90 Å². The Labute approximate surface area is 105 Å². The predicted octanol–water partition coefficient (Wildman–Crippen LogP) is 2.94. The van der Waals surface area contributed by atoms with Crippen LogP contribution in [0.15, 0.2) is 30.3 Å². The summed E-state index contributed by atoms with van der Waals surface area (Å²) >= 11 is 0.